The molecule has 0 atom stereocenters. The molecule has 0 fully saturated rings. The molecular formula is C92H90Cl3N21O19S3. The number of halogens is 3. The number of fused-ring (bicyclic) bond motifs is 3. The van der Waals surface area contributed by atoms with Crippen LogP contribution in [-0.4, -0.2) is 196 Å². The van der Waals surface area contributed by atoms with E-state index >= 15 is 0 Å². The molecule has 11 N–H and O–H groups in total. The molecule has 0 bridgehead atoms. The standard InChI is InChI=1S/3C24H22ClN7O3.2C7H8O3S.C6H6O3S.H2O/c3*1-15-5-8-31(23(33)21(15)35-18-11-16(13-27)10-17(25)12-18)14-20-19-4-3-7-28-22(19)32(29-20)24(34)30(2)9-6-26;2*1-6-2-4-7(5-3-6)11(8,9)10;7-10(8,9)6-4-2-1-3-5-6;/h3*3-5,7-8,10-12H,6,9,14,26H2,1-2H3;2*2-5H,1H3,(H,8,9,10);1-5H,(H,7,8,9);1H2. The van der Waals surface area contributed by atoms with Gasteiger partial charge in [-0.05, 0) is 197 Å². The number of likely N-dealkylation sites (N-methyl/N-ethyl adjacent to an activating group) is 3. The van der Waals surface area contributed by atoms with Crippen LogP contribution in [0, 0.1) is 68.6 Å². The Hall–Kier alpha value is -15.3. The zero-order valence-corrected chi connectivity index (χ0v) is 79.8. The number of pyridine rings is 6. The maximum Gasteiger partial charge on any atom is 0.346 e. The number of quaternary nitrogens is 3. The van der Waals surface area contributed by atoms with Crippen LogP contribution in [0.5, 0.6) is 34.5 Å². The molecule has 3 amide bonds. The number of carbonyl (C=O) groups is 3. The highest BCUT2D eigenvalue weighted by molar-refractivity contribution is 7.86. The molecule has 0 saturated heterocycles. The summed E-state index contributed by atoms with van der Waals surface area (Å²) in [5.74, 6) is 1.16. The molecule has 0 aliphatic carbocycles. The van der Waals surface area contributed by atoms with Gasteiger partial charge < -0.3 is 78.9 Å². The molecule has 0 unspecified atom stereocenters. The zero-order valence-electron chi connectivity index (χ0n) is 75.1. The molecule has 15 aromatic rings. The summed E-state index contributed by atoms with van der Waals surface area (Å²) in [6.45, 7) is 12.3. The van der Waals surface area contributed by atoms with Crippen LogP contribution in [0.3, 0.4) is 0 Å². The highest BCUT2D eigenvalue weighted by atomic mass is 35.5. The van der Waals surface area contributed by atoms with Crippen molar-refractivity contribution < 1.29 is 90.2 Å². The third kappa shape index (κ3) is 27.8. The lowest BCUT2D eigenvalue weighted by Crippen LogP contribution is -2.55. The van der Waals surface area contributed by atoms with Crippen molar-refractivity contribution in [2.75, 3.05) is 60.4 Å². The number of hydrogen-bond donors (Lipinski definition) is 3. The molecular weight excluding hydrogens is 1910 g/mol. The van der Waals surface area contributed by atoms with Gasteiger partial charge in [0.25, 0.3) is 16.7 Å². The highest BCUT2D eigenvalue weighted by Crippen LogP contribution is 2.32. The molecule has 9 aromatic heterocycles. The highest BCUT2D eigenvalue weighted by Gasteiger charge is 2.26. The number of nitrogens with zero attached hydrogens (tertiary/aromatic N) is 18. The van der Waals surface area contributed by atoms with Gasteiger partial charge >= 0.3 is 18.1 Å². The predicted octanol–water partition coefficient (Wildman–Crippen LogP) is 8.79. The van der Waals surface area contributed by atoms with Gasteiger partial charge in [-0.2, -0.15) is 45.1 Å². The summed E-state index contributed by atoms with van der Waals surface area (Å²) in [7, 11) is -7.78. The molecule has 46 heteroatoms. The summed E-state index contributed by atoms with van der Waals surface area (Å²) < 4.78 is 119. The lowest BCUT2D eigenvalue weighted by molar-refractivity contribution is -0.368. The van der Waals surface area contributed by atoms with Gasteiger partial charge in [0.2, 0.25) is 0 Å². The van der Waals surface area contributed by atoms with Gasteiger partial charge in [-0.25, -0.2) is 54.6 Å². The van der Waals surface area contributed by atoms with Crippen molar-refractivity contribution in [1.29, 1.82) is 15.8 Å². The largest absolute Gasteiger partial charge is 0.744 e. The first kappa shape index (κ1) is 106. The lowest BCUT2D eigenvalue weighted by atomic mass is 10.2. The Kier molecular flexibility index (Phi) is 36.9. The number of rotatable bonds is 21. The first-order valence-corrected chi connectivity index (χ1v) is 46.4. The number of benzene rings is 6. The molecule has 138 heavy (non-hydrogen) atoms. The molecule has 0 radical (unpaired) electrons. The predicted molar refractivity (Wildman–Crippen MR) is 505 cm³/mol. The Morgan fingerprint density at radius 1 is 0.391 bits per heavy atom. The molecule has 0 spiro atoms. The number of amides is 3. The van der Waals surface area contributed by atoms with Crippen molar-refractivity contribution in [3.63, 3.8) is 0 Å². The van der Waals surface area contributed by atoms with Crippen LogP contribution in [0.25, 0.3) is 33.1 Å². The third-order valence-electron chi connectivity index (χ3n) is 19.8. The van der Waals surface area contributed by atoms with Crippen molar-refractivity contribution in [2.45, 2.75) is 68.9 Å². The summed E-state index contributed by atoms with van der Waals surface area (Å²) in [6, 6.07) is 53.4. The SMILES string of the molecule is Cc1ccc(S(=O)(=O)[O-])cc1.Cc1ccc(S(=O)(=O)[O-])cc1.Cc1ccn(Cc2nn(C(=O)N(C)CC[NH3+])c3ncccc23)c(=O)c1Oc1cc(Cl)cc(C#N)c1.Cc1ccn(Cc2nn(C(=O)N(C)CC[NH3+])c3ncccc23)c(=O)c1Oc1cc(Cl)cc(C#N)c1.Cc1ccn(Cc2nn(C(=O)N(C)CC[NH3+])c3ncccc23)c(=O)c1Oc1cc(Cl)cc(C#N)c1.O.O=S(=O)([O-])c1ccccc1. The van der Waals surface area contributed by atoms with Crippen LogP contribution in [-0.2, 0) is 50.0 Å². The van der Waals surface area contributed by atoms with E-state index in [0.29, 0.717) is 138 Å². The first-order chi connectivity index (χ1) is 65.1. The third-order valence-corrected chi connectivity index (χ3v) is 23.0. The molecule has 15 rings (SSSR count). The van der Waals surface area contributed by atoms with E-state index in [9.17, 15) is 83.5 Å². The van der Waals surface area contributed by atoms with Crippen LogP contribution in [0.15, 0.2) is 254 Å². The summed E-state index contributed by atoms with van der Waals surface area (Å²) in [5.41, 5.74) is 17.6. The van der Waals surface area contributed by atoms with Crippen LogP contribution < -0.4 is 48.1 Å². The first-order valence-electron chi connectivity index (χ1n) is 41.0. The van der Waals surface area contributed by atoms with E-state index in [1.54, 1.807) is 146 Å². The van der Waals surface area contributed by atoms with Crippen LogP contribution in [0.1, 0.15) is 61.6 Å². The second kappa shape index (κ2) is 47.8. The van der Waals surface area contributed by atoms with Crippen molar-refractivity contribution in [3.8, 4) is 52.7 Å². The number of aryl methyl sites for hydroxylation is 5. The van der Waals surface area contributed by atoms with Crippen molar-refractivity contribution in [2.24, 2.45) is 0 Å². The van der Waals surface area contributed by atoms with E-state index in [1.807, 2.05) is 50.3 Å². The molecule has 6 aromatic carbocycles. The van der Waals surface area contributed by atoms with Crippen LogP contribution in [0.4, 0.5) is 14.4 Å². The molecule has 9 heterocycles. The summed E-state index contributed by atoms with van der Waals surface area (Å²) >= 11 is 18.2. The Morgan fingerprint density at radius 2 is 0.652 bits per heavy atom. The van der Waals surface area contributed by atoms with E-state index in [0.717, 1.165) is 11.1 Å². The summed E-state index contributed by atoms with van der Waals surface area (Å²) in [5, 5.41) is 44.0. The van der Waals surface area contributed by atoms with E-state index in [-0.39, 0.29) is 92.4 Å². The van der Waals surface area contributed by atoms with E-state index in [2.05, 4.69) is 47.4 Å². The number of aromatic nitrogens is 12. The quantitative estimate of drug-likeness (QED) is 0.0565. The minimum atomic E-state index is -4.27. The monoisotopic (exact) mass is 1990 g/mol. The fraction of sp³-hybridized carbons (Fsp3) is 0.185. The fourth-order valence-electron chi connectivity index (χ4n) is 12.8. The van der Waals surface area contributed by atoms with Gasteiger partial charge in [0, 0.05) is 89.6 Å². The maximum absolute atomic E-state index is 13.3. The van der Waals surface area contributed by atoms with Gasteiger partial charge in [-0.1, -0.05) is 88.4 Å². The average molecular weight is 2000 g/mol. The molecule has 0 aliphatic rings. The molecule has 0 aliphatic heterocycles. The number of nitriles is 3. The van der Waals surface area contributed by atoms with Crippen LogP contribution in [0.2, 0.25) is 15.1 Å². The number of ether oxygens (including phenoxy) is 3. The Morgan fingerprint density at radius 3 is 0.891 bits per heavy atom. The molecule has 716 valence electrons. The van der Waals surface area contributed by atoms with Gasteiger partial charge in [-0.15, -0.1) is 0 Å². The average Bonchev–Trinajstić information content (AvgIpc) is 1.66. The Labute approximate surface area is 804 Å². The lowest BCUT2D eigenvalue weighted by Gasteiger charge is -2.14. The van der Waals surface area contributed by atoms with E-state index < -0.39 is 47.0 Å². The summed E-state index contributed by atoms with van der Waals surface area (Å²) in [4.78, 5) is 95.6. The van der Waals surface area contributed by atoms with E-state index in [1.165, 1.54) is 146 Å². The second-order valence-electron chi connectivity index (χ2n) is 30.1. The Balaban J connectivity index is 0.000000198. The number of carbonyl (C=O) groups excluding carboxylic acids is 3. The van der Waals surface area contributed by atoms with Crippen molar-refractivity contribution in [1.82, 2.24) is 72.7 Å². The van der Waals surface area contributed by atoms with E-state index in [4.69, 9.17) is 49.0 Å². The van der Waals surface area contributed by atoms with Gasteiger partial charge in [-0.3, -0.25) is 14.4 Å². The topological polar surface area (TPSA) is 604 Å². The molecule has 40 nitrogen and oxygen atoms in total. The van der Waals surface area contributed by atoms with Crippen LogP contribution >= 0.6 is 34.8 Å². The number of hydrogen-bond acceptors (Lipinski definition) is 27. The summed E-state index contributed by atoms with van der Waals surface area (Å²) in [6.07, 6.45) is 9.68. The van der Waals surface area contributed by atoms with Gasteiger partial charge in [0.15, 0.2) is 34.2 Å². The molecule has 0 saturated carbocycles. The van der Waals surface area contributed by atoms with Crippen molar-refractivity contribution in [3.05, 3.63) is 333 Å². The van der Waals surface area contributed by atoms with Gasteiger partial charge in [0.05, 0.1) is 126 Å². The minimum absolute atomic E-state index is 0. The fourth-order valence-corrected chi connectivity index (χ4v) is 14.9. The Bertz CT molecular complexity index is 7080. The minimum Gasteiger partial charge on any atom is -0.744 e. The smallest absolute Gasteiger partial charge is 0.346 e. The van der Waals surface area contributed by atoms with Crippen molar-refractivity contribution >= 4 is 116 Å². The maximum atomic E-state index is 13.3. The second-order valence-corrected chi connectivity index (χ2v) is 35.6. The van der Waals surface area contributed by atoms with Gasteiger partial charge in [0.1, 0.15) is 47.6 Å². The zero-order chi connectivity index (χ0) is 99.9. The normalized spacial score (nSPS) is 10.9.